The number of aryl methyl sites for hydroxylation is 2. The lowest BCUT2D eigenvalue weighted by atomic mass is 10.0. The number of anilines is 4. The first-order valence-electron chi connectivity index (χ1n) is 6.78. The highest BCUT2D eigenvalue weighted by Crippen LogP contribution is 2.32. The summed E-state index contributed by atoms with van der Waals surface area (Å²) in [4.78, 5) is 11.4. The van der Waals surface area contributed by atoms with Gasteiger partial charge in [-0.15, -0.1) is 0 Å². The largest absolute Gasteiger partial charge is 0.397 e. The molecule has 4 nitrogen and oxygen atoms in total. The summed E-state index contributed by atoms with van der Waals surface area (Å²) in [6.07, 6.45) is 1.15. The normalized spacial score (nSPS) is 13.5. The molecular formula is C16H16FN3O. The average Bonchev–Trinajstić information content (AvgIpc) is 2.38. The number of fused-ring (bicyclic) bond motifs is 1. The second-order valence-corrected chi connectivity index (χ2v) is 5.29. The summed E-state index contributed by atoms with van der Waals surface area (Å²) in [5.74, 6) is -0.287. The third-order valence-corrected chi connectivity index (χ3v) is 3.49. The molecule has 1 heterocycles. The van der Waals surface area contributed by atoms with E-state index in [1.165, 1.54) is 12.1 Å². The molecule has 0 atom stereocenters. The van der Waals surface area contributed by atoms with Gasteiger partial charge in [0.25, 0.3) is 0 Å². The van der Waals surface area contributed by atoms with Crippen LogP contribution in [0.2, 0.25) is 0 Å². The van der Waals surface area contributed by atoms with Crippen LogP contribution in [0.5, 0.6) is 0 Å². The highest BCUT2D eigenvalue weighted by Gasteiger charge is 2.16. The topological polar surface area (TPSA) is 67.2 Å². The molecule has 0 unspecified atom stereocenters. The first-order chi connectivity index (χ1) is 10.0. The fourth-order valence-electron chi connectivity index (χ4n) is 2.52. The molecule has 5 heteroatoms. The van der Waals surface area contributed by atoms with Gasteiger partial charge in [-0.3, -0.25) is 4.79 Å². The Hall–Kier alpha value is -2.56. The van der Waals surface area contributed by atoms with Crippen LogP contribution in [-0.4, -0.2) is 5.91 Å². The van der Waals surface area contributed by atoms with Crippen LogP contribution >= 0.6 is 0 Å². The van der Waals surface area contributed by atoms with Gasteiger partial charge in [-0.25, -0.2) is 4.39 Å². The van der Waals surface area contributed by atoms with E-state index in [2.05, 4.69) is 10.6 Å². The van der Waals surface area contributed by atoms with Crippen molar-refractivity contribution in [3.63, 3.8) is 0 Å². The van der Waals surface area contributed by atoms with Gasteiger partial charge >= 0.3 is 0 Å². The summed E-state index contributed by atoms with van der Waals surface area (Å²) < 4.78 is 13.4. The van der Waals surface area contributed by atoms with E-state index in [1.807, 2.05) is 19.1 Å². The molecule has 0 spiro atoms. The van der Waals surface area contributed by atoms with Gasteiger partial charge in [-0.1, -0.05) is 0 Å². The predicted octanol–water partition coefficient (Wildman–Crippen LogP) is 3.34. The Bertz CT molecular complexity index is 707. The Morgan fingerprint density at radius 3 is 2.76 bits per heavy atom. The maximum Gasteiger partial charge on any atom is 0.224 e. The number of carbonyl (C=O) groups is 1. The summed E-state index contributed by atoms with van der Waals surface area (Å²) >= 11 is 0. The molecule has 0 aromatic heterocycles. The van der Waals surface area contributed by atoms with Gasteiger partial charge in [0.1, 0.15) is 5.82 Å². The molecule has 108 valence electrons. The lowest BCUT2D eigenvalue weighted by Gasteiger charge is -2.20. The Balaban J connectivity index is 1.94. The van der Waals surface area contributed by atoms with Crippen LogP contribution in [0.25, 0.3) is 0 Å². The van der Waals surface area contributed by atoms with Gasteiger partial charge in [-0.2, -0.15) is 0 Å². The maximum atomic E-state index is 13.4. The van der Waals surface area contributed by atoms with Gasteiger partial charge in [0, 0.05) is 17.8 Å². The number of carbonyl (C=O) groups excluding carboxylic acids is 1. The summed E-state index contributed by atoms with van der Waals surface area (Å²) in [6, 6.07) is 8.39. The quantitative estimate of drug-likeness (QED) is 0.741. The molecule has 0 radical (unpaired) electrons. The van der Waals surface area contributed by atoms with Gasteiger partial charge in [0.2, 0.25) is 5.91 Å². The molecule has 0 saturated heterocycles. The molecular weight excluding hydrogens is 269 g/mol. The molecule has 2 aromatic rings. The first kappa shape index (κ1) is 13.4. The van der Waals surface area contributed by atoms with Crippen molar-refractivity contribution >= 4 is 28.7 Å². The standard InChI is InChI=1S/C16H16FN3O/c1-9-4-11(17)7-12(5-9)19-15-6-10-2-3-16(21)20-14(10)8-13(15)18/h4-8,19H,2-3,18H2,1H3,(H,20,21). The van der Waals surface area contributed by atoms with Crippen LogP contribution in [0.15, 0.2) is 30.3 Å². The summed E-state index contributed by atoms with van der Waals surface area (Å²) in [7, 11) is 0. The van der Waals surface area contributed by atoms with Gasteiger partial charge in [-0.05, 0) is 54.8 Å². The molecule has 1 aliphatic rings. The van der Waals surface area contributed by atoms with E-state index >= 15 is 0 Å². The Kier molecular flexibility index (Phi) is 3.25. The number of hydrogen-bond donors (Lipinski definition) is 3. The van der Waals surface area contributed by atoms with Crippen LogP contribution in [0.1, 0.15) is 17.5 Å². The predicted molar refractivity (Wildman–Crippen MR) is 82.2 cm³/mol. The zero-order chi connectivity index (χ0) is 15.0. The molecule has 4 N–H and O–H groups in total. The number of nitrogen functional groups attached to an aromatic ring is 1. The van der Waals surface area contributed by atoms with Crippen LogP contribution < -0.4 is 16.4 Å². The van der Waals surface area contributed by atoms with E-state index in [0.717, 1.165) is 22.5 Å². The van der Waals surface area contributed by atoms with Gasteiger partial charge < -0.3 is 16.4 Å². The zero-order valence-corrected chi connectivity index (χ0v) is 11.7. The second kappa shape index (κ2) is 5.09. The average molecular weight is 285 g/mol. The monoisotopic (exact) mass is 285 g/mol. The lowest BCUT2D eigenvalue weighted by Crippen LogP contribution is -2.19. The van der Waals surface area contributed by atoms with Crippen molar-refractivity contribution < 1.29 is 9.18 Å². The molecule has 0 fully saturated rings. The molecule has 3 rings (SSSR count). The van der Waals surface area contributed by atoms with Crippen LogP contribution in [-0.2, 0) is 11.2 Å². The first-order valence-corrected chi connectivity index (χ1v) is 6.78. The highest BCUT2D eigenvalue weighted by molar-refractivity contribution is 5.95. The number of nitrogens with two attached hydrogens (primary N) is 1. The van der Waals surface area contributed by atoms with E-state index < -0.39 is 0 Å². The van der Waals surface area contributed by atoms with E-state index in [0.29, 0.717) is 24.2 Å². The van der Waals surface area contributed by atoms with Crippen molar-refractivity contribution in [2.45, 2.75) is 19.8 Å². The molecule has 0 saturated carbocycles. The number of nitrogens with one attached hydrogen (secondary N) is 2. The Labute approximate surface area is 122 Å². The van der Waals surface area contributed by atoms with E-state index in [1.54, 1.807) is 6.07 Å². The van der Waals surface area contributed by atoms with Crippen LogP contribution in [0.3, 0.4) is 0 Å². The van der Waals surface area contributed by atoms with E-state index in [-0.39, 0.29) is 11.7 Å². The van der Waals surface area contributed by atoms with Crippen molar-refractivity contribution in [3.8, 4) is 0 Å². The maximum absolute atomic E-state index is 13.4. The summed E-state index contributed by atoms with van der Waals surface area (Å²) in [5.41, 5.74) is 10.5. The Morgan fingerprint density at radius 1 is 1.19 bits per heavy atom. The van der Waals surface area contributed by atoms with Crippen molar-refractivity contribution in [2.24, 2.45) is 0 Å². The number of rotatable bonds is 2. The molecule has 1 aliphatic heterocycles. The van der Waals surface area contributed by atoms with Crippen molar-refractivity contribution in [2.75, 3.05) is 16.4 Å². The van der Waals surface area contributed by atoms with Crippen molar-refractivity contribution in [3.05, 3.63) is 47.3 Å². The Morgan fingerprint density at radius 2 is 2.00 bits per heavy atom. The van der Waals surface area contributed by atoms with Crippen molar-refractivity contribution in [1.29, 1.82) is 0 Å². The number of halogens is 1. The molecule has 2 aromatic carbocycles. The van der Waals surface area contributed by atoms with Gasteiger partial charge in [0.05, 0.1) is 11.4 Å². The minimum Gasteiger partial charge on any atom is -0.397 e. The van der Waals surface area contributed by atoms with Crippen molar-refractivity contribution in [1.82, 2.24) is 0 Å². The minimum absolute atomic E-state index is 0.00312. The summed E-state index contributed by atoms with van der Waals surface area (Å²) in [6.45, 7) is 1.83. The zero-order valence-electron chi connectivity index (χ0n) is 11.7. The minimum atomic E-state index is -0.290. The number of hydrogen-bond acceptors (Lipinski definition) is 3. The van der Waals surface area contributed by atoms with E-state index in [9.17, 15) is 9.18 Å². The third-order valence-electron chi connectivity index (χ3n) is 3.49. The highest BCUT2D eigenvalue weighted by atomic mass is 19.1. The SMILES string of the molecule is Cc1cc(F)cc(Nc2cc3c(cc2N)NC(=O)CC3)c1. The molecule has 0 aliphatic carbocycles. The van der Waals surface area contributed by atoms with Gasteiger partial charge in [0.15, 0.2) is 0 Å². The molecule has 1 amide bonds. The lowest BCUT2D eigenvalue weighted by molar-refractivity contribution is -0.116. The summed E-state index contributed by atoms with van der Waals surface area (Å²) in [5, 5.41) is 5.94. The number of amides is 1. The van der Waals surface area contributed by atoms with E-state index in [4.69, 9.17) is 5.73 Å². The van der Waals surface area contributed by atoms with Crippen LogP contribution in [0, 0.1) is 12.7 Å². The molecule has 0 bridgehead atoms. The number of benzene rings is 2. The fourth-order valence-corrected chi connectivity index (χ4v) is 2.52. The molecule has 21 heavy (non-hydrogen) atoms. The second-order valence-electron chi connectivity index (χ2n) is 5.29. The smallest absolute Gasteiger partial charge is 0.224 e. The fraction of sp³-hybridized carbons (Fsp3) is 0.188. The third kappa shape index (κ3) is 2.81. The van der Waals surface area contributed by atoms with Crippen LogP contribution in [0.4, 0.5) is 27.1 Å².